The number of anilines is 1. The van der Waals surface area contributed by atoms with Gasteiger partial charge in [-0.05, 0) is 37.5 Å². The van der Waals surface area contributed by atoms with Crippen molar-refractivity contribution in [2.45, 2.75) is 26.2 Å². The van der Waals surface area contributed by atoms with Gasteiger partial charge in [0.05, 0.1) is 6.61 Å². The summed E-state index contributed by atoms with van der Waals surface area (Å²) in [6.07, 6.45) is 2.61. The molecule has 1 aromatic carbocycles. The largest absolute Gasteiger partial charge is 0.396 e. The number of carbonyl (C=O) groups excluding carboxylic acids is 1. The van der Waals surface area contributed by atoms with Crippen molar-refractivity contribution >= 4 is 11.6 Å². The van der Waals surface area contributed by atoms with Crippen molar-refractivity contribution in [1.29, 1.82) is 0 Å². The standard InChI is InChI=1S/C19H29N3O2/c1-16-3-2-4-17(13-16)22-11-9-21(10-12-22)8-5-18(24)20-14-19(15-23)6-7-19/h2-4,13,23H,5-12,14-15H2,1H3,(H,20,24). The van der Waals surface area contributed by atoms with Gasteiger partial charge in [-0.15, -0.1) is 0 Å². The summed E-state index contributed by atoms with van der Waals surface area (Å²) in [5.74, 6) is 0.107. The highest BCUT2D eigenvalue weighted by Crippen LogP contribution is 2.44. The second-order valence-electron chi connectivity index (χ2n) is 7.35. The fourth-order valence-corrected chi connectivity index (χ4v) is 3.26. The number of rotatable bonds is 7. The molecule has 3 rings (SSSR count). The highest BCUT2D eigenvalue weighted by atomic mass is 16.3. The van der Waals surface area contributed by atoms with E-state index in [4.69, 9.17) is 0 Å². The van der Waals surface area contributed by atoms with Crippen LogP contribution in [-0.4, -0.2) is 61.8 Å². The summed E-state index contributed by atoms with van der Waals surface area (Å²) < 4.78 is 0. The van der Waals surface area contributed by atoms with Crippen molar-refractivity contribution in [3.63, 3.8) is 0 Å². The van der Waals surface area contributed by atoms with Crippen LogP contribution in [0.5, 0.6) is 0 Å². The summed E-state index contributed by atoms with van der Waals surface area (Å²) in [5.41, 5.74) is 2.59. The van der Waals surface area contributed by atoms with E-state index in [1.807, 2.05) is 0 Å². The molecular formula is C19H29N3O2. The summed E-state index contributed by atoms with van der Waals surface area (Å²) in [6, 6.07) is 8.64. The number of hydrogen-bond donors (Lipinski definition) is 2. The minimum Gasteiger partial charge on any atom is -0.396 e. The molecule has 0 atom stereocenters. The van der Waals surface area contributed by atoms with E-state index in [2.05, 4.69) is 46.3 Å². The Kier molecular flexibility index (Phi) is 5.41. The first-order valence-electron chi connectivity index (χ1n) is 9.02. The molecule has 1 aliphatic carbocycles. The Labute approximate surface area is 144 Å². The summed E-state index contributed by atoms with van der Waals surface area (Å²) in [4.78, 5) is 16.8. The van der Waals surface area contributed by atoms with Crippen molar-refractivity contribution in [3.05, 3.63) is 29.8 Å². The van der Waals surface area contributed by atoms with Gasteiger partial charge in [-0.3, -0.25) is 9.69 Å². The van der Waals surface area contributed by atoms with Crippen LogP contribution in [0.15, 0.2) is 24.3 Å². The first-order valence-corrected chi connectivity index (χ1v) is 9.02. The Bertz CT molecular complexity index is 563. The van der Waals surface area contributed by atoms with Crippen LogP contribution in [-0.2, 0) is 4.79 Å². The molecule has 0 bridgehead atoms. The van der Waals surface area contributed by atoms with Crippen molar-refractivity contribution < 1.29 is 9.90 Å². The number of carbonyl (C=O) groups is 1. The normalized spacial score (nSPS) is 20.0. The van der Waals surface area contributed by atoms with Crippen LogP contribution in [0.4, 0.5) is 5.69 Å². The van der Waals surface area contributed by atoms with E-state index in [9.17, 15) is 9.90 Å². The highest BCUT2D eigenvalue weighted by molar-refractivity contribution is 5.76. The van der Waals surface area contributed by atoms with Crippen LogP contribution in [0.25, 0.3) is 0 Å². The summed E-state index contributed by atoms with van der Waals surface area (Å²) >= 11 is 0. The Balaban J connectivity index is 1.35. The van der Waals surface area contributed by atoms with Gasteiger partial charge in [0.2, 0.25) is 5.91 Å². The predicted octanol–water partition coefficient (Wildman–Crippen LogP) is 1.40. The molecule has 1 saturated carbocycles. The lowest BCUT2D eigenvalue weighted by molar-refractivity contribution is -0.121. The molecule has 1 heterocycles. The van der Waals surface area contributed by atoms with Crippen LogP contribution in [0, 0.1) is 12.3 Å². The fraction of sp³-hybridized carbons (Fsp3) is 0.632. The van der Waals surface area contributed by atoms with Gasteiger partial charge < -0.3 is 15.3 Å². The number of nitrogens with zero attached hydrogens (tertiary/aromatic N) is 2. The third-order valence-corrected chi connectivity index (χ3v) is 5.35. The number of aliphatic hydroxyl groups excluding tert-OH is 1. The molecule has 0 spiro atoms. The smallest absolute Gasteiger partial charge is 0.221 e. The lowest BCUT2D eigenvalue weighted by Crippen LogP contribution is -2.47. The van der Waals surface area contributed by atoms with E-state index in [0.29, 0.717) is 13.0 Å². The maximum atomic E-state index is 12.0. The first kappa shape index (κ1) is 17.2. The lowest BCUT2D eigenvalue weighted by Gasteiger charge is -2.36. The number of hydrogen-bond acceptors (Lipinski definition) is 4. The molecule has 1 amide bonds. The monoisotopic (exact) mass is 331 g/mol. The van der Waals surface area contributed by atoms with Crippen molar-refractivity contribution in [2.24, 2.45) is 5.41 Å². The maximum absolute atomic E-state index is 12.0. The molecule has 1 saturated heterocycles. The van der Waals surface area contributed by atoms with Crippen molar-refractivity contribution in [1.82, 2.24) is 10.2 Å². The number of benzene rings is 1. The molecule has 1 aromatic rings. The van der Waals surface area contributed by atoms with Gasteiger partial charge in [0, 0.05) is 56.8 Å². The quantitative estimate of drug-likeness (QED) is 0.793. The van der Waals surface area contributed by atoms with E-state index in [-0.39, 0.29) is 17.9 Å². The third-order valence-electron chi connectivity index (χ3n) is 5.35. The van der Waals surface area contributed by atoms with Gasteiger partial charge in [-0.25, -0.2) is 0 Å². The van der Waals surface area contributed by atoms with E-state index in [1.54, 1.807) is 0 Å². The molecule has 0 aromatic heterocycles. The van der Waals surface area contributed by atoms with Gasteiger partial charge in [0.25, 0.3) is 0 Å². The van der Waals surface area contributed by atoms with Crippen LogP contribution < -0.4 is 10.2 Å². The van der Waals surface area contributed by atoms with Crippen molar-refractivity contribution in [3.8, 4) is 0 Å². The SMILES string of the molecule is Cc1cccc(N2CCN(CCC(=O)NCC3(CO)CC3)CC2)c1. The Morgan fingerprint density at radius 1 is 1.25 bits per heavy atom. The summed E-state index contributed by atoms with van der Waals surface area (Å²) in [7, 11) is 0. The van der Waals surface area contributed by atoms with Crippen LogP contribution >= 0.6 is 0 Å². The summed E-state index contributed by atoms with van der Waals surface area (Å²) in [6.45, 7) is 7.79. The number of piperazine rings is 1. The fourth-order valence-electron chi connectivity index (χ4n) is 3.26. The van der Waals surface area contributed by atoms with E-state index in [0.717, 1.165) is 45.6 Å². The number of aryl methyl sites for hydroxylation is 1. The predicted molar refractivity (Wildman–Crippen MR) is 96.2 cm³/mol. The molecule has 2 fully saturated rings. The second kappa shape index (κ2) is 7.53. The lowest BCUT2D eigenvalue weighted by atomic mass is 10.1. The molecule has 24 heavy (non-hydrogen) atoms. The van der Waals surface area contributed by atoms with E-state index < -0.39 is 0 Å². The zero-order chi connectivity index (χ0) is 17.0. The molecule has 1 aliphatic heterocycles. The zero-order valence-electron chi connectivity index (χ0n) is 14.6. The summed E-state index contributed by atoms with van der Waals surface area (Å²) in [5, 5.41) is 12.3. The number of nitrogens with one attached hydrogen (secondary N) is 1. The zero-order valence-corrected chi connectivity index (χ0v) is 14.6. The molecule has 132 valence electrons. The number of aliphatic hydroxyl groups is 1. The van der Waals surface area contributed by atoms with Gasteiger partial charge in [-0.1, -0.05) is 12.1 Å². The second-order valence-corrected chi connectivity index (χ2v) is 7.35. The topological polar surface area (TPSA) is 55.8 Å². The van der Waals surface area contributed by atoms with E-state index in [1.165, 1.54) is 11.3 Å². The van der Waals surface area contributed by atoms with Crippen LogP contribution in [0.1, 0.15) is 24.8 Å². The highest BCUT2D eigenvalue weighted by Gasteiger charge is 2.41. The van der Waals surface area contributed by atoms with Gasteiger partial charge in [0.15, 0.2) is 0 Å². The molecular weight excluding hydrogens is 302 g/mol. The minimum atomic E-state index is -0.00486. The van der Waals surface area contributed by atoms with Gasteiger partial charge in [-0.2, -0.15) is 0 Å². The molecule has 2 aliphatic rings. The van der Waals surface area contributed by atoms with Crippen LogP contribution in [0.3, 0.4) is 0 Å². The molecule has 2 N–H and O–H groups in total. The third kappa shape index (κ3) is 4.48. The average molecular weight is 331 g/mol. The van der Waals surface area contributed by atoms with Gasteiger partial charge in [0.1, 0.15) is 0 Å². The Morgan fingerprint density at radius 3 is 2.62 bits per heavy atom. The Morgan fingerprint density at radius 2 is 2.00 bits per heavy atom. The minimum absolute atomic E-state index is 0.00486. The van der Waals surface area contributed by atoms with E-state index >= 15 is 0 Å². The molecule has 5 heteroatoms. The maximum Gasteiger partial charge on any atom is 0.221 e. The van der Waals surface area contributed by atoms with Gasteiger partial charge >= 0.3 is 0 Å². The van der Waals surface area contributed by atoms with Crippen molar-refractivity contribution in [2.75, 3.05) is 50.8 Å². The molecule has 0 radical (unpaired) electrons. The molecule has 5 nitrogen and oxygen atoms in total. The number of amides is 1. The average Bonchev–Trinajstić information content (AvgIpc) is 3.39. The Hall–Kier alpha value is -1.59. The molecule has 0 unspecified atom stereocenters. The first-order chi connectivity index (χ1) is 11.6. The van der Waals surface area contributed by atoms with Crippen LogP contribution in [0.2, 0.25) is 0 Å².